The number of aryl methyl sites for hydroxylation is 1. The van der Waals surface area contributed by atoms with Gasteiger partial charge in [-0.2, -0.15) is 0 Å². The van der Waals surface area contributed by atoms with Crippen molar-refractivity contribution in [2.75, 3.05) is 26.3 Å². The van der Waals surface area contributed by atoms with Crippen LogP contribution in [0.5, 0.6) is 0 Å². The van der Waals surface area contributed by atoms with Gasteiger partial charge in [0.2, 0.25) is 5.91 Å². The van der Waals surface area contributed by atoms with E-state index < -0.39 is 7.12 Å². The number of rotatable bonds is 5. The molecule has 3 fully saturated rings. The first-order chi connectivity index (χ1) is 15.9. The van der Waals surface area contributed by atoms with Crippen LogP contribution in [0.25, 0.3) is 0 Å². The molecular formula is C26H36BNO5. The number of carbonyl (C=O) groups is 2. The Labute approximate surface area is 196 Å². The SMILES string of the molecule is C[C@]12CC[C@@H]3c4ccc(B(O)O)cc4CC[C@H]3[C@@H]1[C@@H](CCCC(=O)N1CCOCC1)CC2=O. The van der Waals surface area contributed by atoms with Crippen molar-refractivity contribution in [3.05, 3.63) is 29.3 Å². The monoisotopic (exact) mass is 453 g/mol. The Balaban J connectivity index is 1.29. The molecule has 3 aliphatic carbocycles. The summed E-state index contributed by atoms with van der Waals surface area (Å²) in [6.07, 6.45) is 6.99. The maximum absolute atomic E-state index is 13.2. The van der Waals surface area contributed by atoms with Crippen molar-refractivity contribution in [3.8, 4) is 0 Å². The smallest absolute Gasteiger partial charge is 0.423 e. The second kappa shape index (κ2) is 9.16. The molecule has 178 valence electrons. The van der Waals surface area contributed by atoms with E-state index in [0.717, 1.165) is 38.5 Å². The van der Waals surface area contributed by atoms with Crippen LogP contribution >= 0.6 is 0 Å². The fourth-order valence-corrected chi connectivity index (χ4v) is 7.57. The summed E-state index contributed by atoms with van der Waals surface area (Å²) >= 11 is 0. The van der Waals surface area contributed by atoms with Gasteiger partial charge in [-0.3, -0.25) is 9.59 Å². The van der Waals surface area contributed by atoms with Crippen LogP contribution in [-0.2, 0) is 20.7 Å². The zero-order chi connectivity index (χ0) is 23.2. The van der Waals surface area contributed by atoms with Crippen molar-refractivity contribution in [2.24, 2.45) is 23.2 Å². The van der Waals surface area contributed by atoms with Gasteiger partial charge in [0.15, 0.2) is 0 Å². The minimum atomic E-state index is -1.43. The number of hydrogen-bond donors (Lipinski definition) is 2. The van der Waals surface area contributed by atoms with Gasteiger partial charge in [0, 0.05) is 31.3 Å². The summed E-state index contributed by atoms with van der Waals surface area (Å²) in [6, 6.07) is 5.89. The van der Waals surface area contributed by atoms with Crippen LogP contribution in [0.3, 0.4) is 0 Å². The number of benzene rings is 1. The Morgan fingerprint density at radius 2 is 2.03 bits per heavy atom. The Morgan fingerprint density at radius 3 is 2.79 bits per heavy atom. The summed E-state index contributed by atoms with van der Waals surface area (Å²) in [5.41, 5.74) is 2.92. The third-order valence-corrected chi connectivity index (χ3v) is 9.22. The van der Waals surface area contributed by atoms with Gasteiger partial charge in [0.1, 0.15) is 5.78 Å². The van der Waals surface area contributed by atoms with Crippen LogP contribution in [0.1, 0.15) is 68.9 Å². The van der Waals surface area contributed by atoms with Crippen molar-refractivity contribution in [1.29, 1.82) is 0 Å². The van der Waals surface area contributed by atoms with E-state index in [2.05, 4.69) is 13.0 Å². The topological polar surface area (TPSA) is 87.1 Å². The molecule has 1 aromatic carbocycles. The van der Waals surface area contributed by atoms with Gasteiger partial charge in [-0.05, 0) is 78.8 Å². The lowest BCUT2D eigenvalue weighted by molar-refractivity contribution is -0.135. The van der Waals surface area contributed by atoms with Crippen LogP contribution in [0.15, 0.2) is 18.2 Å². The number of Topliss-reactive ketones (excluding diaryl/α,β-unsaturated/α-hetero) is 1. The van der Waals surface area contributed by atoms with Crippen LogP contribution < -0.4 is 5.46 Å². The van der Waals surface area contributed by atoms with Gasteiger partial charge < -0.3 is 19.7 Å². The normalized spacial score (nSPS) is 33.3. The highest BCUT2D eigenvalue weighted by Crippen LogP contribution is 2.62. The van der Waals surface area contributed by atoms with Gasteiger partial charge in [-0.1, -0.05) is 25.1 Å². The third kappa shape index (κ3) is 4.17. The Kier molecular flexibility index (Phi) is 6.40. The number of hydrogen-bond acceptors (Lipinski definition) is 5. The fraction of sp³-hybridized carbons (Fsp3) is 0.692. The van der Waals surface area contributed by atoms with Crippen molar-refractivity contribution in [1.82, 2.24) is 4.90 Å². The summed E-state index contributed by atoms with van der Waals surface area (Å²) in [6.45, 7) is 4.86. The number of morpholine rings is 1. The molecule has 33 heavy (non-hydrogen) atoms. The lowest BCUT2D eigenvalue weighted by atomic mass is 9.53. The molecule has 1 aromatic rings. The molecule has 7 heteroatoms. The van der Waals surface area contributed by atoms with Crippen molar-refractivity contribution in [2.45, 2.75) is 64.2 Å². The zero-order valence-electron chi connectivity index (χ0n) is 19.7. The highest BCUT2D eigenvalue weighted by Gasteiger charge is 2.58. The molecule has 5 atom stereocenters. The molecule has 0 radical (unpaired) electrons. The van der Waals surface area contributed by atoms with E-state index in [0.29, 0.717) is 74.1 Å². The lowest BCUT2D eigenvalue weighted by Gasteiger charge is -2.50. The third-order valence-electron chi connectivity index (χ3n) is 9.22. The molecule has 1 saturated heterocycles. The van der Waals surface area contributed by atoms with Crippen LogP contribution in [0.2, 0.25) is 0 Å². The highest BCUT2D eigenvalue weighted by atomic mass is 16.5. The van der Waals surface area contributed by atoms with Gasteiger partial charge in [-0.25, -0.2) is 0 Å². The molecule has 2 saturated carbocycles. The summed E-state index contributed by atoms with van der Waals surface area (Å²) in [5, 5.41) is 19.1. The molecule has 5 rings (SSSR count). The fourth-order valence-electron chi connectivity index (χ4n) is 7.57. The first-order valence-corrected chi connectivity index (χ1v) is 12.8. The number of amides is 1. The number of ketones is 1. The summed E-state index contributed by atoms with van der Waals surface area (Å²) in [4.78, 5) is 27.7. The number of fused-ring (bicyclic) bond motifs is 5. The Morgan fingerprint density at radius 1 is 1.24 bits per heavy atom. The van der Waals surface area contributed by atoms with Crippen LogP contribution in [0, 0.1) is 23.2 Å². The Bertz CT molecular complexity index is 914. The number of carbonyl (C=O) groups excluding carboxylic acids is 2. The van der Waals surface area contributed by atoms with Crippen molar-refractivity contribution < 1.29 is 24.4 Å². The van der Waals surface area contributed by atoms with Crippen LogP contribution in [0.4, 0.5) is 0 Å². The second-order valence-electron chi connectivity index (χ2n) is 10.9. The molecule has 6 nitrogen and oxygen atoms in total. The Hall–Kier alpha value is -1.70. The molecule has 1 heterocycles. The predicted octanol–water partition coefficient (Wildman–Crippen LogP) is 2.05. The van der Waals surface area contributed by atoms with Gasteiger partial charge in [0.25, 0.3) is 0 Å². The van der Waals surface area contributed by atoms with Crippen molar-refractivity contribution >= 4 is 24.3 Å². The zero-order valence-corrected chi connectivity index (χ0v) is 19.7. The van der Waals surface area contributed by atoms with E-state index in [9.17, 15) is 19.6 Å². The molecule has 0 bridgehead atoms. The first-order valence-electron chi connectivity index (χ1n) is 12.8. The molecule has 0 spiro atoms. The average Bonchev–Trinajstić information content (AvgIpc) is 3.08. The first kappa shape index (κ1) is 23.1. The quantitative estimate of drug-likeness (QED) is 0.667. The number of ether oxygens (including phenoxy) is 1. The maximum Gasteiger partial charge on any atom is 0.488 e. The van der Waals surface area contributed by atoms with E-state index in [4.69, 9.17) is 4.74 Å². The number of nitrogens with zero attached hydrogens (tertiary/aromatic N) is 1. The molecule has 1 aliphatic heterocycles. The summed E-state index contributed by atoms with van der Waals surface area (Å²) in [7, 11) is -1.43. The van der Waals surface area contributed by atoms with Gasteiger partial charge >= 0.3 is 7.12 Å². The molecule has 0 unspecified atom stereocenters. The summed E-state index contributed by atoms with van der Waals surface area (Å²) < 4.78 is 5.36. The van der Waals surface area contributed by atoms with E-state index in [1.165, 1.54) is 11.1 Å². The summed E-state index contributed by atoms with van der Waals surface area (Å²) in [5.74, 6) is 2.35. The highest BCUT2D eigenvalue weighted by molar-refractivity contribution is 6.58. The largest absolute Gasteiger partial charge is 0.488 e. The van der Waals surface area contributed by atoms with Gasteiger partial charge in [-0.15, -0.1) is 0 Å². The molecule has 1 amide bonds. The van der Waals surface area contributed by atoms with E-state index in [-0.39, 0.29) is 11.3 Å². The lowest BCUT2D eigenvalue weighted by Crippen LogP contribution is -2.44. The van der Waals surface area contributed by atoms with E-state index >= 15 is 0 Å². The predicted molar refractivity (Wildman–Crippen MR) is 126 cm³/mol. The maximum atomic E-state index is 13.2. The second-order valence-corrected chi connectivity index (χ2v) is 10.9. The average molecular weight is 453 g/mol. The molecule has 0 aromatic heterocycles. The molecule has 4 aliphatic rings. The minimum Gasteiger partial charge on any atom is -0.423 e. The van der Waals surface area contributed by atoms with E-state index in [1.54, 1.807) is 0 Å². The van der Waals surface area contributed by atoms with Crippen LogP contribution in [-0.4, -0.2) is 60.1 Å². The molecular weight excluding hydrogens is 417 g/mol. The molecule has 2 N–H and O–H groups in total. The minimum absolute atomic E-state index is 0.223. The van der Waals surface area contributed by atoms with Crippen molar-refractivity contribution in [3.63, 3.8) is 0 Å². The standard InChI is InChI=1S/C26H36BNO5/c1-26-10-9-21-20-8-6-19(27(31)32)15-17(20)5-7-22(21)25(26)18(16-23(26)29)3-2-4-24(30)28-11-13-33-14-12-28/h6,8,15,18,21-22,25,31-32H,2-5,7,9-14,16H2,1H3/t18-,21+,22+,25-,26+/m0/s1. The van der Waals surface area contributed by atoms with Gasteiger partial charge in [0.05, 0.1) is 13.2 Å². The van der Waals surface area contributed by atoms with E-state index in [1.807, 2.05) is 17.0 Å².